The van der Waals surface area contributed by atoms with Gasteiger partial charge in [-0.15, -0.1) is 0 Å². The first-order valence-electron chi connectivity index (χ1n) is 8.73. The Bertz CT molecular complexity index is 815. The second-order valence-electron chi connectivity index (χ2n) is 6.28. The van der Waals surface area contributed by atoms with Crippen molar-refractivity contribution in [1.29, 1.82) is 0 Å². The van der Waals surface area contributed by atoms with E-state index in [2.05, 4.69) is 15.3 Å². The van der Waals surface area contributed by atoms with Gasteiger partial charge in [0, 0.05) is 49.8 Å². The predicted molar refractivity (Wildman–Crippen MR) is 101 cm³/mol. The van der Waals surface area contributed by atoms with Gasteiger partial charge in [-0.05, 0) is 37.3 Å². The van der Waals surface area contributed by atoms with E-state index in [1.54, 1.807) is 47.6 Å². The quantitative estimate of drug-likeness (QED) is 0.633. The first kappa shape index (κ1) is 18.5. The van der Waals surface area contributed by atoms with E-state index < -0.39 is 0 Å². The van der Waals surface area contributed by atoms with Crippen LogP contribution in [0.3, 0.4) is 0 Å². The van der Waals surface area contributed by atoms with Crippen LogP contribution in [0.15, 0.2) is 42.7 Å². The van der Waals surface area contributed by atoms with E-state index in [4.69, 9.17) is 0 Å². The highest BCUT2D eigenvalue weighted by Gasteiger charge is 2.23. The number of carbonyl (C=O) groups excluding carboxylic acids is 3. The van der Waals surface area contributed by atoms with Gasteiger partial charge in [-0.1, -0.05) is 0 Å². The number of hydrogen-bond acceptors (Lipinski definition) is 6. The van der Waals surface area contributed by atoms with Crippen molar-refractivity contribution in [3.8, 4) is 0 Å². The summed E-state index contributed by atoms with van der Waals surface area (Å²) in [4.78, 5) is 47.8. The summed E-state index contributed by atoms with van der Waals surface area (Å²) in [5.41, 5.74) is 1.13. The lowest BCUT2D eigenvalue weighted by Crippen LogP contribution is -2.49. The molecule has 1 aliphatic heterocycles. The minimum atomic E-state index is -0.371. The molecule has 140 valence electrons. The summed E-state index contributed by atoms with van der Waals surface area (Å²) in [5.74, 6) is 0.0327. The van der Waals surface area contributed by atoms with Gasteiger partial charge in [-0.25, -0.2) is 9.97 Å². The molecule has 1 aromatic heterocycles. The number of benzene rings is 1. The lowest BCUT2D eigenvalue weighted by molar-refractivity contribution is -0.134. The molecule has 2 aromatic rings. The maximum Gasteiger partial charge on any atom is 0.233 e. The number of rotatable bonds is 5. The Labute approximate surface area is 157 Å². The molecule has 0 aliphatic carbocycles. The van der Waals surface area contributed by atoms with Crippen molar-refractivity contribution in [2.75, 3.05) is 36.4 Å². The van der Waals surface area contributed by atoms with Gasteiger partial charge in [0.1, 0.15) is 6.42 Å². The second kappa shape index (κ2) is 8.39. The van der Waals surface area contributed by atoms with Gasteiger partial charge in [0.2, 0.25) is 17.8 Å². The van der Waals surface area contributed by atoms with Crippen molar-refractivity contribution in [1.82, 2.24) is 14.9 Å². The van der Waals surface area contributed by atoms with Crippen LogP contribution in [0.25, 0.3) is 0 Å². The van der Waals surface area contributed by atoms with E-state index >= 15 is 0 Å². The smallest absolute Gasteiger partial charge is 0.233 e. The number of ketones is 1. The average molecular weight is 367 g/mol. The van der Waals surface area contributed by atoms with E-state index in [0.717, 1.165) is 0 Å². The number of anilines is 2. The van der Waals surface area contributed by atoms with Gasteiger partial charge in [0.15, 0.2) is 5.78 Å². The van der Waals surface area contributed by atoms with Gasteiger partial charge >= 0.3 is 0 Å². The summed E-state index contributed by atoms with van der Waals surface area (Å²) in [6.45, 7) is 3.79. The van der Waals surface area contributed by atoms with Crippen LogP contribution in [-0.2, 0) is 9.59 Å². The maximum atomic E-state index is 12.4. The van der Waals surface area contributed by atoms with Crippen LogP contribution < -0.4 is 10.2 Å². The van der Waals surface area contributed by atoms with Crippen molar-refractivity contribution in [3.63, 3.8) is 0 Å². The third-order valence-corrected chi connectivity index (χ3v) is 4.35. The predicted octanol–water partition coefficient (Wildman–Crippen LogP) is 1.36. The molecule has 1 N–H and O–H groups in total. The molecule has 1 aromatic carbocycles. The highest BCUT2D eigenvalue weighted by molar-refractivity contribution is 6.04. The van der Waals surface area contributed by atoms with E-state index in [-0.39, 0.29) is 24.0 Å². The van der Waals surface area contributed by atoms with Gasteiger partial charge in [0.25, 0.3) is 0 Å². The number of nitrogens with zero attached hydrogens (tertiary/aromatic N) is 4. The molecule has 0 atom stereocenters. The lowest BCUT2D eigenvalue weighted by Gasteiger charge is -2.34. The van der Waals surface area contributed by atoms with Crippen LogP contribution in [0, 0.1) is 0 Å². The molecule has 0 saturated carbocycles. The number of carbonyl (C=O) groups is 3. The Morgan fingerprint density at radius 3 is 2.22 bits per heavy atom. The molecule has 8 heteroatoms. The largest absolute Gasteiger partial charge is 0.339 e. The lowest BCUT2D eigenvalue weighted by atomic mass is 10.1. The summed E-state index contributed by atoms with van der Waals surface area (Å²) in [6, 6.07) is 8.35. The molecule has 8 nitrogen and oxygen atoms in total. The highest BCUT2D eigenvalue weighted by atomic mass is 16.2. The number of piperazine rings is 1. The fourth-order valence-electron chi connectivity index (χ4n) is 2.85. The van der Waals surface area contributed by atoms with Crippen LogP contribution in [0.1, 0.15) is 23.7 Å². The normalized spacial score (nSPS) is 14.0. The van der Waals surface area contributed by atoms with Gasteiger partial charge in [-0.2, -0.15) is 0 Å². The molecule has 0 spiro atoms. The summed E-state index contributed by atoms with van der Waals surface area (Å²) in [6.07, 6.45) is 3.16. The Balaban J connectivity index is 1.47. The molecule has 0 unspecified atom stereocenters. The summed E-state index contributed by atoms with van der Waals surface area (Å²) in [5, 5.41) is 2.68. The average Bonchev–Trinajstić information content (AvgIpc) is 2.69. The van der Waals surface area contributed by atoms with Crippen LogP contribution in [-0.4, -0.2) is 58.6 Å². The van der Waals surface area contributed by atoms with Gasteiger partial charge in [0.05, 0.1) is 0 Å². The molecule has 3 rings (SSSR count). The Morgan fingerprint density at radius 2 is 1.63 bits per heavy atom. The molecule has 2 amide bonds. The number of hydrogen-bond donors (Lipinski definition) is 1. The van der Waals surface area contributed by atoms with Crippen molar-refractivity contribution < 1.29 is 14.4 Å². The first-order chi connectivity index (χ1) is 13.0. The van der Waals surface area contributed by atoms with Crippen molar-refractivity contribution in [3.05, 3.63) is 48.3 Å². The first-order valence-corrected chi connectivity index (χ1v) is 8.73. The summed E-state index contributed by atoms with van der Waals surface area (Å²) >= 11 is 0. The zero-order chi connectivity index (χ0) is 19.2. The maximum absolute atomic E-state index is 12.4. The minimum Gasteiger partial charge on any atom is -0.339 e. The molecule has 1 fully saturated rings. The Morgan fingerprint density at radius 1 is 1.00 bits per heavy atom. The molecular weight excluding hydrogens is 346 g/mol. The Kier molecular flexibility index (Phi) is 5.75. The zero-order valence-electron chi connectivity index (χ0n) is 15.1. The van der Waals surface area contributed by atoms with Crippen molar-refractivity contribution in [2.24, 2.45) is 0 Å². The SMILES string of the molecule is CC(=O)c1ccc(NC(=O)CC(=O)N2CCN(c3ncccn3)CC2)cc1. The van der Waals surface area contributed by atoms with E-state index in [9.17, 15) is 14.4 Å². The molecule has 1 aliphatic rings. The van der Waals surface area contributed by atoms with E-state index in [0.29, 0.717) is 43.4 Å². The monoisotopic (exact) mass is 367 g/mol. The molecular formula is C19H21N5O3. The summed E-state index contributed by atoms with van der Waals surface area (Å²) in [7, 11) is 0. The second-order valence-corrected chi connectivity index (χ2v) is 6.28. The number of amides is 2. The molecule has 0 bridgehead atoms. The summed E-state index contributed by atoms with van der Waals surface area (Å²) < 4.78 is 0. The number of Topliss-reactive ketones (excluding diaryl/α,β-unsaturated/α-hetero) is 1. The molecule has 0 radical (unpaired) electrons. The number of aromatic nitrogens is 2. The van der Waals surface area contributed by atoms with Crippen LogP contribution in [0.2, 0.25) is 0 Å². The zero-order valence-corrected chi connectivity index (χ0v) is 15.1. The fraction of sp³-hybridized carbons (Fsp3) is 0.316. The van der Waals surface area contributed by atoms with E-state index in [1.165, 1.54) is 6.92 Å². The highest BCUT2D eigenvalue weighted by Crippen LogP contribution is 2.12. The van der Waals surface area contributed by atoms with Crippen molar-refractivity contribution >= 4 is 29.2 Å². The third-order valence-electron chi connectivity index (χ3n) is 4.35. The fourth-order valence-corrected chi connectivity index (χ4v) is 2.85. The standard InChI is InChI=1S/C19H21N5O3/c1-14(25)15-3-5-16(6-4-15)22-17(26)13-18(27)23-9-11-24(12-10-23)19-20-7-2-8-21-19/h2-8H,9-13H2,1H3,(H,22,26). The minimum absolute atomic E-state index is 0.0388. The molecule has 1 saturated heterocycles. The van der Waals surface area contributed by atoms with Crippen LogP contribution in [0.4, 0.5) is 11.6 Å². The molecule has 2 heterocycles. The van der Waals surface area contributed by atoms with Gasteiger partial charge in [-0.3, -0.25) is 14.4 Å². The topological polar surface area (TPSA) is 95.5 Å². The van der Waals surface area contributed by atoms with E-state index in [1.807, 2.05) is 4.90 Å². The van der Waals surface area contributed by atoms with Crippen molar-refractivity contribution in [2.45, 2.75) is 13.3 Å². The van der Waals surface area contributed by atoms with Crippen LogP contribution in [0.5, 0.6) is 0 Å². The van der Waals surface area contributed by atoms with Gasteiger partial charge < -0.3 is 15.1 Å². The molecule has 27 heavy (non-hydrogen) atoms. The van der Waals surface area contributed by atoms with Crippen LogP contribution >= 0.6 is 0 Å². The third kappa shape index (κ3) is 4.87. The Hall–Kier alpha value is -3.29. The number of nitrogens with one attached hydrogen (secondary N) is 1.